The number of rotatable bonds is 7. The fourth-order valence-electron chi connectivity index (χ4n) is 1.54. The molecule has 1 atom stereocenters. The van der Waals surface area contributed by atoms with Crippen LogP contribution < -0.4 is 10.6 Å². The number of halogens is 1. The number of thiophene rings is 1. The molecule has 0 aliphatic rings. The molecule has 21 heavy (non-hydrogen) atoms. The molecular formula is C13H20ClN3O3S. The highest BCUT2D eigenvalue weighted by Gasteiger charge is 2.17. The number of carbonyl (C=O) groups excluding carboxylic acids is 2. The van der Waals surface area contributed by atoms with Crippen LogP contribution in [0, 0.1) is 0 Å². The summed E-state index contributed by atoms with van der Waals surface area (Å²) in [6, 6.07) is 3.60. The molecule has 0 fully saturated rings. The molecule has 1 rings (SSSR count). The van der Waals surface area contributed by atoms with E-state index in [9.17, 15) is 9.59 Å². The molecule has 6 nitrogen and oxygen atoms in total. The zero-order valence-electron chi connectivity index (χ0n) is 12.3. The van der Waals surface area contributed by atoms with E-state index in [1.165, 1.54) is 11.3 Å². The van der Waals surface area contributed by atoms with E-state index in [-0.39, 0.29) is 12.6 Å². The number of ether oxygens (including phenoxy) is 1. The summed E-state index contributed by atoms with van der Waals surface area (Å²) in [6.45, 7) is 1.31. The van der Waals surface area contributed by atoms with Crippen molar-refractivity contribution in [3.8, 4) is 0 Å². The fourth-order valence-corrected chi connectivity index (χ4v) is 2.68. The summed E-state index contributed by atoms with van der Waals surface area (Å²) in [4.78, 5) is 26.0. The molecule has 0 saturated carbocycles. The number of nitrogens with one attached hydrogen (secondary N) is 2. The van der Waals surface area contributed by atoms with E-state index in [1.54, 1.807) is 13.2 Å². The molecule has 1 unspecified atom stereocenters. The topological polar surface area (TPSA) is 70.7 Å². The number of nitrogens with zero attached hydrogens (tertiary/aromatic N) is 1. The molecule has 0 aromatic carbocycles. The van der Waals surface area contributed by atoms with E-state index in [4.69, 9.17) is 16.3 Å². The Kier molecular flexibility index (Phi) is 7.66. The normalized spacial score (nSPS) is 12.2. The van der Waals surface area contributed by atoms with Gasteiger partial charge in [0, 0.05) is 31.6 Å². The molecule has 1 heterocycles. The molecule has 1 aromatic heterocycles. The van der Waals surface area contributed by atoms with Crippen molar-refractivity contribution >= 4 is 34.8 Å². The number of amides is 2. The van der Waals surface area contributed by atoms with Gasteiger partial charge in [0.1, 0.15) is 6.10 Å². The Balaban J connectivity index is 2.38. The largest absolute Gasteiger partial charge is 0.374 e. The van der Waals surface area contributed by atoms with Crippen LogP contribution in [0.2, 0.25) is 4.34 Å². The zero-order chi connectivity index (χ0) is 15.8. The first-order chi connectivity index (χ1) is 9.93. The van der Waals surface area contributed by atoms with Crippen LogP contribution in [-0.2, 0) is 14.3 Å². The molecule has 118 valence electrons. The second-order valence-electron chi connectivity index (χ2n) is 4.64. The van der Waals surface area contributed by atoms with Crippen LogP contribution in [0.1, 0.15) is 11.0 Å². The Bertz CT molecular complexity index is 479. The van der Waals surface area contributed by atoms with Crippen molar-refractivity contribution in [1.82, 2.24) is 15.5 Å². The quantitative estimate of drug-likeness (QED) is 0.727. The van der Waals surface area contributed by atoms with Gasteiger partial charge in [-0.3, -0.25) is 9.59 Å². The number of methoxy groups -OCH3 is 1. The second-order valence-corrected chi connectivity index (χ2v) is 6.38. The lowest BCUT2D eigenvalue weighted by molar-refractivity contribution is -0.139. The highest BCUT2D eigenvalue weighted by atomic mass is 35.5. The maximum Gasteiger partial charge on any atom is 0.309 e. The Hall–Kier alpha value is -1.15. The average Bonchev–Trinajstić information content (AvgIpc) is 2.85. The molecule has 0 saturated heterocycles. The molecular weight excluding hydrogens is 314 g/mol. The highest BCUT2D eigenvalue weighted by Crippen LogP contribution is 2.28. The van der Waals surface area contributed by atoms with Crippen molar-refractivity contribution < 1.29 is 14.3 Å². The van der Waals surface area contributed by atoms with Crippen LogP contribution in [0.15, 0.2) is 12.1 Å². The van der Waals surface area contributed by atoms with Crippen molar-refractivity contribution in [2.45, 2.75) is 6.10 Å². The Morgan fingerprint density at radius 2 is 2.00 bits per heavy atom. The molecule has 1 aromatic rings. The van der Waals surface area contributed by atoms with Crippen molar-refractivity contribution in [3.63, 3.8) is 0 Å². The minimum atomic E-state index is -0.668. The summed E-state index contributed by atoms with van der Waals surface area (Å²) in [5, 5.41) is 5.10. The standard InChI is InChI=1S/C13H20ClN3O3S/c1-17(2)7-6-15-12(18)13(19)16-8-9(20-3)10-4-5-11(14)21-10/h4-5,9H,6-8H2,1-3H3,(H,15,18)(H,16,19). The molecule has 0 bridgehead atoms. The van der Waals surface area contributed by atoms with Crippen LogP contribution in [0.4, 0.5) is 0 Å². The van der Waals surface area contributed by atoms with Gasteiger partial charge in [0.2, 0.25) is 0 Å². The lowest BCUT2D eigenvalue weighted by atomic mass is 10.3. The summed E-state index contributed by atoms with van der Waals surface area (Å²) in [6.07, 6.45) is -0.318. The van der Waals surface area contributed by atoms with Gasteiger partial charge in [-0.25, -0.2) is 0 Å². The lowest BCUT2D eigenvalue weighted by Gasteiger charge is -2.15. The van der Waals surface area contributed by atoms with Gasteiger partial charge in [-0.15, -0.1) is 11.3 Å². The monoisotopic (exact) mass is 333 g/mol. The maximum absolute atomic E-state index is 11.7. The first-order valence-corrected chi connectivity index (χ1v) is 7.62. The predicted octanol–water partition coefficient (Wildman–Crippen LogP) is 0.883. The Morgan fingerprint density at radius 3 is 2.52 bits per heavy atom. The minimum Gasteiger partial charge on any atom is -0.374 e. The number of hydrogen-bond donors (Lipinski definition) is 2. The van der Waals surface area contributed by atoms with Crippen LogP contribution in [0.3, 0.4) is 0 Å². The predicted molar refractivity (Wildman–Crippen MR) is 83.7 cm³/mol. The lowest BCUT2D eigenvalue weighted by Crippen LogP contribution is -2.43. The highest BCUT2D eigenvalue weighted by molar-refractivity contribution is 7.16. The summed E-state index contributed by atoms with van der Waals surface area (Å²) < 4.78 is 5.94. The fraction of sp³-hybridized carbons (Fsp3) is 0.538. The number of carbonyl (C=O) groups is 2. The second kappa shape index (κ2) is 8.99. The van der Waals surface area contributed by atoms with Gasteiger partial charge in [0.05, 0.1) is 4.34 Å². The van der Waals surface area contributed by atoms with Gasteiger partial charge >= 0.3 is 11.8 Å². The molecule has 0 aliphatic heterocycles. The summed E-state index contributed by atoms with van der Waals surface area (Å²) in [5.41, 5.74) is 0. The first kappa shape index (κ1) is 17.9. The average molecular weight is 334 g/mol. The first-order valence-electron chi connectivity index (χ1n) is 6.42. The van der Waals surface area contributed by atoms with Crippen molar-refractivity contribution in [3.05, 3.63) is 21.3 Å². The molecule has 2 amide bonds. The smallest absolute Gasteiger partial charge is 0.309 e. The third-order valence-corrected chi connectivity index (χ3v) is 4.02. The summed E-state index contributed by atoms with van der Waals surface area (Å²) in [5.74, 6) is -1.31. The van der Waals surface area contributed by atoms with E-state index in [1.807, 2.05) is 25.1 Å². The van der Waals surface area contributed by atoms with E-state index < -0.39 is 11.8 Å². The van der Waals surface area contributed by atoms with Crippen molar-refractivity contribution in [2.75, 3.05) is 40.8 Å². The van der Waals surface area contributed by atoms with Gasteiger partial charge in [0.15, 0.2) is 0 Å². The Morgan fingerprint density at radius 1 is 1.33 bits per heavy atom. The van der Waals surface area contributed by atoms with E-state index >= 15 is 0 Å². The van der Waals surface area contributed by atoms with Gasteiger partial charge in [-0.05, 0) is 26.2 Å². The zero-order valence-corrected chi connectivity index (χ0v) is 13.9. The van der Waals surface area contributed by atoms with Gasteiger partial charge in [-0.2, -0.15) is 0 Å². The Labute approximate surface area is 133 Å². The molecule has 0 spiro atoms. The van der Waals surface area contributed by atoms with Crippen molar-refractivity contribution in [1.29, 1.82) is 0 Å². The SMILES string of the molecule is COC(CNC(=O)C(=O)NCCN(C)C)c1ccc(Cl)s1. The van der Waals surface area contributed by atoms with Crippen LogP contribution in [0.25, 0.3) is 0 Å². The van der Waals surface area contributed by atoms with Crippen LogP contribution in [0.5, 0.6) is 0 Å². The maximum atomic E-state index is 11.7. The number of hydrogen-bond acceptors (Lipinski definition) is 5. The van der Waals surface area contributed by atoms with Crippen molar-refractivity contribution in [2.24, 2.45) is 0 Å². The van der Waals surface area contributed by atoms with E-state index in [2.05, 4.69) is 10.6 Å². The third-order valence-electron chi connectivity index (χ3n) is 2.69. The van der Waals surface area contributed by atoms with Crippen LogP contribution in [-0.4, -0.2) is 57.6 Å². The third kappa shape index (κ3) is 6.43. The van der Waals surface area contributed by atoms with E-state index in [0.717, 1.165) is 4.88 Å². The molecule has 0 radical (unpaired) electrons. The summed E-state index contributed by atoms with van der Waals surface area (Å²) in [7, 11) is 5.32. The number of likely N-dealkylation sites (N-methyl/N-ethyl adjacent to an activating group) is 1. The van der Waals surface area contributed by atoms with Gasteiger partial charge in [-0.1, -0.05) is 11.6 Å². The summed E-state index contributed by atoms with van der Waals surface area (Å²) >= 11 is 7.25. The molecule has 0 aliphatic carbocycles. The van der Waals surface area contributed by atoms with Gasteiger partial charge in [0.25, 0.3) is 0 Å². The molecule has 2 N–H and O–H groups in total. The van der Waals surface area contributed by atoms with Gasteiger partial charge < -0.3 is 20.3 Å². The molecule has 8 heteroatoms. The minimum absolute atomic E-state index is 0.216. The van der Waals surface area contributed by atoms with E-state index in [0.29, 0.717) is 17.4 Å². The van der Waals surface area contributed by atoms with Crippen LogP contribution >= 0.6 is 22.9 Å².